The second-order valence-corrected chi connectivity index (χ2v) is 15.2. The molecule has 0 radical (unpaired) electrons. The van der Waals surface area contributed by atoms with Gasteiger partial charge < -0.3 is 0 Å². The zero-order chi connectivity index (χ0) is 23.7. The fraction of sp³-hybridized carbons (Fsp3) is 0.357. The minimum absolute atomic E-state index is 0.0185. The van der Waals surface area contributed by atoms with Crippen LogP contribution in [0, 0.1) is 25.7 Å². The van der Waals surface area contributed by atoms with E-state index >= 15 is 0 Å². The minimum atomic E-state index is -0.826. The first kappa shape index (κ1) is 27.8. The average molecular weight is 565 g/mol. The van der Waals surface area contributed by atoms with E-state index < -0.39 is 20.8 Å². The Morgan fingerprint density at radius 1 is 0.875 bits per heavy atom. The zero-order valence-corrected chi connectivity index (χ0v) is 25.0. The van der Waals surface area contributed by atoms with Gasteiger partial charge in [0.1, 0.15) is 0 Å². The van der Waals surface area contributed by atoms with Gasteiger partial charge in [-0.15, -0.1) is 68.8 Å². The summed E-state index contributed by atoms with van der Waals surface area (Å²) in [5.74, 6) is 1.60. The van der Waals surface area contributed by atoms with Crippen molar-refractivity contribution in [2.45, 2.75) is 41.5 Å². The molecule has 0 fully saturated rings. The summed E-state index contributed by atoms with van der Waals surface area (Å²) in [6.45, 7) is 13.7. The van der Waals surface area contributed by atoms with Crippen LogP contribution in [0.5, 0.6) is 0 Å². The Labute approximate surface area is 214 Å². The van der Waals surface area contributed by atoms with Crippen LogP contribution in [0.4, 0.5) is 0 Å². The Kier molecular flexibility index (Phi) is 12.2. The van der Waals surface area contributed by atoms with Crippen molar-refractivity contribution in [3.63, 3.8) is 0 Å². The monoisotopic (exact) mass is 562 g/mol. The van der Waals surface area contributed by atoms with Gasteiger partial charge in [-0.2, -0.15) is 18.2 Å². The van der Waals surface area contributed by atoms with Crippen LogP contribution in [0.15, 0.2) is 66.7 Å². The van der Waals surface area contributed by atoms with E-state index in [1.807, 2.05) is 0 Å². The molecule has 0 bridgehead atoms. The van der Waals surface area contributed by atoms with Crippen LogP contribution in [-0.4, -0.2) is 12.3 Å². The summed E-state index contributed by atoms with van der Waals surface area (Å²) in [6.07, 6.45) is 2.73. The van der Waals surface area contributed by atoms with E-state index in [0.717, 1.165) is 11.8 Å². The van der Waals surface area contributed by atoms with Crippen molar-refractivity contribution < 1.29 is 20.8 Å². The van der Waals surface area contributed by atoms with Crippen LogP contribution in [-0.2, 0) is 20.8 Å². The number of fused-ring (bicyclic) bond motifs is 2. The number of benzene rings is 2. The molecule has 0 atom stereocenters. The molecule has 4 rings (SSSR count). The molecule has 0 spiro atoms. The van der Waals surface area contributed by atoms with Gasteiger partial charge >= 0.3 is 37.9 Å². The third-order valence-corrected chi connectivity index (χ3v) is 8.72. The Hall–Kier alpha value is -0.447. The van der Waals surface area contributed by atoms with E-state index in [9.17, 15) is 0 Å². The van der Waals surface area contributed by atoms with E-state index in [1.54, 1.807) is 5.30 Å². The number of halogens is 2. The van der Waals surface area contributed by atoms with Crippen molar-refractivity contribution in [3.05, 3.63) is 77.9 Å². The van der Waals surface area contributed by atoms with Gasteiger partial charge in [0.25, 0.3) is 0 Å². The second-order valence-electron chi connectivity index (χ2n) is 9.16. The molecule has 4 heteroatoms. The first-order chi connectivity index (χ1) is 15.3. The van der Waals surface area contributed by atoms with E-state index in [1.165, 1.54) is 45.0 Å². The van der Waals surface area contributed by atoms with Crippen molar-refractivity contribution in [1.82, 2.24) is 0 Å². The summed E-state index contributed by atoms with van der Waals surface area (Å²) in [6, 6.07) is 24.4. The van der Waals surface area contributed by atoms with Gasteiger partial charge in [0, 0.05) is 0 Å². The van der Waals surface area contributed by atoms with Gasteiger partial charge in [0.05, 0.1) is 0 Å². The molecule has 0 heterocycles. The molecule has 0 unspecified atom stereocenters. The molecule has 0 aliphatic carbocycles. The van der Waals surface area contributed by atoms with E-state index in [2.05, 4.69) is 108 Å². The molecule has 170 valence electrons. The van der Waals surface area contributed by atoms with Crippen LogP contribution in [0.1, 0.15) is 38.8 Å². The van der Waals surface area contributed by atoms with E-state index in [4.69, 9.17) is 17.0 Å². The molecule has 4 aromatic rings. The predicted molar refractivity (Wildman–Crippen MR) is 146 cm³/mol. The molecule has 0 amide bonds. The molecule has 0 aromatic heterocycles. The van der Waals surface area contributed by atoms with Crippen molar-refractivity contribution in [1.29, 1.82) is 0 Å². The molecule has 32 heavy (non-hydrogen) atoms. The first-order valence-electron chi connectivity index (χ1n) is 11.2. The molecule has 0 aliphatic rings. The summed E-state index contributed by atoms with van der Waals surface area (Å²) in [7, 11) is 9.89. The third-order valence-electron chi connectivity index (χ3n) is 5.39. The standard InChI is InChI=1S/C17H24P.C11H11.2ClH.Zr/c1-13(2)11-18(12-14(3)4)17-9-15-7-5-6-8-16(15)10-17;1-8-6-7-9(2)11-5-3-4-10(8)11;;;/h5-10,13-14H,11-12H2,1-4H3;3-7H,1-2H3;2*1H;/q2*-1;;;+4/p-2. The predicted octanol–water partition coefficient (Wildman–Crippen LogP) is 9.53. The Balaban J connectivity index is 0.000000220. The van der Waals surface area contributed by atoms with E-state index in [-0.39, 0.29) is 7.92 Å². The normalized spacial score (nSPS) is 10.8. The van der Waals surface area contributed by atoms with Crippen molar-refractivity contribution in [3.8, 4) is 0 Å². The number of aryl methyl sites for hydroxylation is 2. The van der Waals surface area contributed by atoms with E-state index in [0.29, 0.717) is 0 Å². The van der Waals surface area contributed by atoms with Crippen molar-refractivity contribution >= 4 is 51.8 Å². The van der Waals surface area contributed by atoms with Crippen LogP contribution < -0.4 is 5.30 Å². The van der Waals surface area contributed by atoms with Crippen molar-refractivity contribution in [2.75, 3.05) is 12.3 Å². The van der Waals surface area contributed by atoms with Gasteiger partial charge in [-0.3, -0.25) is 0 Å². The molecule has 0 saturated carbocycles. The maximum atomic E-state index is 4.93. The number of rotatable bonds is 5. The molecule has 0 saturated heterocycles. The first-order valence-corrected chi connectivity index (χ1v) is 19.3. The topological polar surface area (TPSA) is 0 Å². The molecule has 0 aliphatic heterocycles. The fourth-order valence-corrected chi connectivity index (χ4v) is 7.00. The molecule has 0 nitrogen and oxygen atoms in total. The summed E-state index contributed by atoms with van der Waals surface area (Å²) in [5, 5.41) is 7.21. The summed E-state index contributed by atoms with van der Waals surface area (Å²) >= 11 is -0.826. The zero-order valence-electron chi connectivity index (χ0n) is 20.1. The SMILES string of the molecule is CC(C)CP(CC(C)C)c1cc2ccccc2[cH-]1.Cc1ccc(C)c2[cH-]ccc12.[Cl][Zr+2][Cl]. The fourth-order valence-electron chi connectivity index (χ4n) is 4.02. The van der Waals surface area contributed by atoms with Crippen LogP contribution >= 0.6 is 24.9 Å². The van der Waals surface area contributed by atoms with Crippen LogP contribution in [0.2, 0.25) is 0 Å². The summed E-state index contributed by atoms with van der Waals surface area (Å²) in [4.78, 5) is 0. The van der Waals surface area contributed by atoms with Crippen LogP contribution in [0.25, 0.3) is 21.5 Å². The quantitative estimate of drug-likeness (QED) is 0.167. The van der Waals surface area contributed by atoms with Gasteiger partial charge in [-0.05, 0) is 31.1 Å². The van der Waals surface area contributed by atoms with Gasteiger partial charge in [-0.1, -0.05) is 60.2 Å². The molecular weight excluding hydrogens is 529 g/mol. The molecule has 4 aromatic carbocycles. The summed E-state index contributed by atoms with van der Waals surface area (Å²) < 4.78 is 0. The van der Waals surface area contributed by atoms with Crippen LogP contribution in [0.3, 0.4) is 0 Å². The third kappa shape index (κ3) is 8.40. The van der Waals surface area contributed by atoms with Gasteiger partial charge in [-0.25, -0.2) is 0 Å². The second kappa shape index (κ2) is 14.1. The molecule has 0 N–H and O–H groups in total. The molecular formula is C28H35Cl2PZr. The Morgan fingerprint density at radius 2 is 1.47 bits per heavy atom. The van der Waals surface area contributed by atoms with Gasteiger partial charge in [0.15, 0.2) is 0 Å². The van der Waals surface area contributed by atoms with Crippen molar-refractivity contribution in [2.24, 2.45) is 11.8 Å². The Morgan fingerprint density at radius 3 is 2.03 bits per heavy atom. The summed E-state index contributed by atoms with van der Waals surface area (Å²) in [5.41, 5.74) is 2.74. The maximum absolute atomic E-state index is 4.93. The average Bonchev–Trinajstić information content (AvgIpc) is 3.38. The number of hydrogen-bond acceptors (Lipinski definition) is 0. The number of hydrogen-bond donors (Lipinski definition) is 0. The van der Waals surface area contributed by atoms with Gasteiger partial charge in [0.2, 0.25) is 0 Å². The Bertz CT molecular complexity index is 998.